The van der Waals surface area contributed by atoms with Gasteiger partial charge in [-0.3, -0.25) is 9.48 Å². The van der Waals surface area contributed by atoms with Crippen molar-refractivity contribution in [1.82, 2.24) is 20.1 Å². The zero-order valence-corrected chi connectivity index (χ0v) is 13.4. The quantitative estimate of drug-likeness (QED) is 0.797. The van der Waals surface area contributed by atoms with E-state index in [0.29, 0.717) is 10.5 Å². The van der Waals surface area contributed by atoms with Crippen molar-refractivity contribution in [3.8, 4) is 0 Å². The van der Waals surface area contributed by atoms with Gasteiger partial charge in [0, 0.05) is 17.1 Å². The Balaban J connectivity index is 1.91. The highest BCUT2D eigenvalue weighted by molar-refractivity contribution is 7.21. The zero-order chi connectivity index (χ0) is 15.9. The SMILES string of the molecule is C[C@H](NC(=O)c1sc2cccc(F)c2c1Cl)c1ncnn1C. The Labute approximate surface area is 134 Å². The number of hydrogen-bond donors (Lipinski definition) is 1. The highest BCUT2D eigenvalue weighted by Crippen LogP contribution is 2.37. The third-order valence-electron chi connectivity index (χ3n) is 3.29. The summed E-state index contributed by atoms with van der Waals surface area (Å²) in [7, 11) is 1.74. The Morgan fingerprint density at radius 1 is 1.50 bits per heavy atom. The summed E-state index contributed by atoms with van der Waals surface area (Å²) in [5.74, 6) is -0.169. The van der Waals surface area contributed by atoms with Crippen LogP contribution in [-0.2, 0) is 7.05 Å². The summed E-state index contributed by atoms with van der Waals surface area (Å²) >= 11 is 7.34. The van der Waals surface area contributed by atoms with E-state index in [2.05, 4.69) is 15.4 Å². The maximum Gasteiger partial charge on any atom is 0.263 e. The van der Waals surface area contributed by atoms with Gasteiger partial charge in [-0.2, -0.15) is 5.10 Å². The van der Waals surface area contributed by atoms with Gasteiger partial charge in [0.25, 0.3) is 5.91 Å². The number of fused-ring (bicyclic) bond motifs is 1. The van der Waals surface area contributed by atoms with Crippen molar-refractivity contribution in [2.45, 2.75) is 13.0 Å². The van der Waals surface area contributed by atoms with Gasteiger partial charge in [-0.05, 0) is 19.1 Å². The minimum atomic E-state index is -0.431. The van der Waals surface area contributed by atoms with E-state index in [1.54, 1.807) is 30.8 Å². The van der Waals surface area contributed by atoms with Crippen LogP contribution >= 0.6 is 22.9 Å². The number of benzene rings is 1. The Kier molecular flexibility index (Phi) is 3.84. The highest BCUT2D eigenvalue weighted by Gasteiger charge is 2.22. The van der Waals surface area contributed by atoms with Crippen LogP contribution in [0.3, 0.4) is 0 Å². The van der Waals surface area contributed by atoms with E-state index < -0.39 is 5.82 Å². The van der Waals surface area contributed by atoms with Crippen LogP contribution in [-0.4, -0.2) is 20.7 Å². The number of nitrogens with one attached hydrogen (secondary N) is 1. The molecule has 0 aliphatic heterocycles. The molecule has 8 heteroatoms. The van der Waals surface area contributed by atoms with Gasteiger partial charge in [-0.25, -0.2) is 9.37 Å². The van der Waals surface area contributed by atoms with Crippen molar-refractivity contribution in [2.75, 3.05) is 0 Å². The number of halogens is 2. The van der Waals surface area contributed by atoms with Gasteiger partial charge in [-0.15, -0.1) is 11.3 Å². The molecule has 3 aromatic rings. The van der Waals surface area contributed by atoms with E-state index >= 15 is 0 Å². The van der Waals surface area contributed by atoms with E-state index in [1.807, 2.05) is 0 Å². The van der Waals surface area contributed by atoms with Crippen LogP contribution in [0.25, 0.3) is 10.1 Å². The van der Waals surface area contributed by atoms with Crippen LogP contribution in [0.4, 0.5) is 4.39 Å². The van der Waals surface area contributed by atoms with Crippen LogP contribution < -0.4 is 5.32 Å². The molecule has 0 aliphatic rings. The molecule has 1 amide bonds. The fourth-order valence-corrected chi connectivity index (χ4v) is 3.70. The minimum absolute atomic E-state index is 0.140. The van der Waals surface area contributed by atoms with Gasteiger partial charge in [-0.1, -0.05) is 17.7 Å². The standard InChI is InChI=1S/C14H12ClFN4OS/c1-7(13-17-6-18-20(13)2)19-14(21)12-11(15)10-8(16)4-3-5-9(10)22-12/h3-7H,1-2H3,(H,19,21)/t7-/m0/s1. The molecular formula is C14H12ClFN4OS. The average molecular weight is 339 g/mol. The topological polar surface area (TPSA) is 59.8 Å². The van der Waals surface area contributed by atoms with Crippen molar-refractivity contribution >= 4 is 38.9 Å². The number of aromatic nitrogens is 3. The van der Waals surface area contributed by atoms with Gasteiger partial charge in [0.15, 0.2) is 0 Å². The molecule has 0 fully saturated rings. The van der Waals surface area contributed by atoms with E-state index in [1.165, 1.54) is 12.4 Å². The summed E-state index contributed by atoms with van der Waals surface area (Å²) in [6, 6.07) is 4.31. The van der Waals surface area contributed by atoms with Gasteiger partial charge in [0.1, 0.15) is 22.8 Å². The lowest BCUT2D eigenvalue weighted by molar-refractivity contribution is 0.0942. The molecule has 2 aromatic heterocycles. The molecule has 0 unspecified atom stereocenters. The molecule has 114 valence electrons. The van der Waals surface area contributed by atoms with E-state index in [9.17, 15) is 9.18 Å². The smallest absolute Gasteiger partial charge is 0.263 e. The van der Waals surface area contributed by atoms with Crippen molar-refractivity contribution in [2.24, 2.45) is 7.05 Å². The molecule has 0 bridgehead atoms. The minimum Gasteiger partial charge on any atom is -0.342 e. The second-order valence-electron chi connectivity index (χ2n) is 4.80. The first-order valence-corrected chi connectivity index (χ1v) is 7.69. The first kappa shape index (κ1) is 14.9. The predicted molar refractivity (Wildman–Crippen MR) is 83.7 cm³/mol. The Hall–Kier alpha value is -1.99. The van der Waals surface area contributed by atoms with Gasteiger partial charge in [0.05, 0.1) is 11.1 Å². The predicted octanol–water partition coefficient (Wildman–Crippen LogP) is 3.31. The Bertz CT molecular complexity index is 860. The van der Waals surface area contributed by atoms with Crippen LogP contribution in [0, 0.1) is 5.82 Å². The third-order valence-corrected chi connectivity index (χ3v) is 4.94. The van der Waals surface area contributed by atoms with Crippen LogP contribution in [0.15, 0.2) is 24.5 Å². The lowest BCUT2D eigenvalue weighted by atomic mass is 10.2. The molecule has 0 aliphatic carbocycles. The van der Waals surface area contributed by atoms with E-state index in [0.717, 1.165) is 11.3 Å². The molecule has 0 spiro atoms. The largest absolute Gasteiger partial charge is 0.342 e. The van der Waals surface area contributed by atoms with Crippen LogP contribution in [0.2, 0.25) is 5.02 Å². The van der Waals surface area contributed by atoms with Gasteiger partial charge in [0.2, 0.25) is 0 Å². The molecule has 1 atom stereocenters. The number of carbonyl (C=O) groups excluding carboxylic acids is 1. The summed E-state index contributed by atoms with van der Waals surface area (Å²) in [5.41, 5.74) is 0. The molecule has 1 N–H and O–H groups in total. The van der Waals surface area contributed by atoms with Gasteiger partial charge >= 0.3 is 0 Å². The van der Waals surface area contributed by atoms with Crippen molar-refractivity contribution in [3.63, 3.8) is 0 Å². The second kappa shape index (κ2) is 5.66. The number of carbonyl (C=O) groups is 1. The summed E-state index contributed by atoms with van der Waals surface area (Å²) in [6.07, 6.45) is 1.42. The van der Waals surface area contributed by atoms with E-state index in [4.69, 9.17) is 11.6 Å². The third kappa shape index (κ3) is 2.46. The molecule has 0 saturated carbocycles. The summed E-state index contributed by atoms with van der Waals surface area (Å²) < 4.78 is 16.1. The average Bonchev–Trinajstić information content (AvgIpc) is 3.03. The van der Waals surface area contributed by atoms with E-state index in [-0.39, 0.29) is 27.2 Å². The molecule has 5 nitrogen and oxygen atoms in total. The van der Waals surface area contributed by atoms with Gasteiger partial charge < -0.3 is 5.32 Å². The number of rotatable bonds is 3. The summed E-state index contributed by atoms with van der Waals surface area (Å²) in [6.45, 7) is 1.80. The zero-order valence-electron chi connectivity index (χ0n) is 11.8. The highest BCUT2D eigenvalue weighted by atomic mass is 35.5. The summed E-state index contributed by atoms with van der Waals surface area (Å²) in [5, 5.41) is 7.19. The molecule has 0 radical (unpaired) electrons. The number of nitrogens with zero attached hydrogens (tertiary/aromatic N) is 3. The fraction of sp³-hybridized carbons (Fsp3) is 0.214. The summed E-state index contributed by atoms with van der Waals surface area (Å²) in [4.78, 5) is 16.8. The molecule has 0 saturated heterocycles. The molecule has 2 heterocycles. The lowest BCUT2D eigenvalue weighted by Gasteiger charge is -2.12. The van der Waals surface area contributed by atoms with Crippen molar-refractivity contribution < 1.29 is 9.18 Å². The molecular weight excluding hydrogens is 327 g/mol. The van der Waals surface area contributed by atoms with Crippen LogP contribution in [0.1, 0.15) is 28.5 Å². The number of amides is 1. The molecule has 3 rings (SSSR count). The maximum atomic E-state index is 13.8. The number of thiophene rings is 1. The maximum absolute atomic E-state index is 13.8. The van der Waals surface area contributed by atoms with Crippen molar-refractivity contribution in [1.29, 1.82) is 0 Å². The number of hydrogen-bond acceptors (Lipinski definition) is 4. The molecule has 1 aromatic carbocycles. The monoisotopic (exact) mass is 338 g/mol. The Morgan fingerprint density at radius 3 is 2.91 bits per heavy atom. The second-order valence-corrected chi connectivity index (χ2v) is 6.23. The van der Waals surface area contributed by atoms with Crippen LogP contribution in [0.5, 0.6) is 0 Å². The normalized spacial score (nSPS) is 12.5. The molecule has 22 heavy (non-hydrogen) atoms. The first-order chi connectivity index (χ1) is 10.5. The number of aryl methyl sites for hydroxylation is 1. The van der Waals surface area contributed by atoms with Crippen molar-refractivity contribution in [3.05, 3.63) is 46.1 Å². The lowest BCUT2D eigenvalue weighted by Crippen LogP contribution is -2.28. The first-order valence-electron chi connectivity index (χ1n) is 6.50. The Morgan fingerprint density at radius 2 is 2.27 bits per heavy atom. The fourth-order valence-electron chi connectivity index (χ4n) is 2.24.